The first-order valence-corrected chi connectivity index (χ1v) is 41.5. The van der Waals surface area contributed by atoms with Gasteiger partial charge in [0.05, 0.1) is 39.6 Å². The van der Waals surface area contributed by atoms with Gasteiger partial charge in [0.25, 0.3) is 17.7 Å². The number of aliphatic hydroxyl groups excluding tert-OH is 1. The molecule has 9 heterocycles. The predicted molar refractivity (Wildman–Crippen MR) is 441 cm³/mol. The minimum absolute atomic E-state index is 0.0313. The number of ether oxygens (including phenoxy) is 3. The average molecular weight is 1610 g/mol. The first-order chi connectivity index (χ1) is 55.9. The lowest BCUT2D eigenvalue weighted by Crippen LogP contribution is -2.60. The predicted octanol–water partition coefficient (Wildman–Crippen LogP) is 7.40. The van der Waals surface area contributed by atoms with Crippen LogP contribution in [0.4, 0.5) is 22.9 Å². The quantitative estimate of drug-likeness (QED) is 0.0144. The van der Waals surface area contributed by atoms with Gasteiger partial charge < -0.3 is 75.3 Å². The summed E-state index contributed by atoms with van der Waals surface area (Å²) in [6, 6.07) is 29.3. The van der Waals surface area contributed by atoms with Crippen molar-refractivity contribution in [2.24, 2.45) is 17.1 Å². The number of likely N-dealkylation sites (N-methyl/N-ethyl adjacent to an activating group) is 1. The summed E-state index contributed by atoms with van der Waals surface area (Å²) in [5.41, 5.74) is 20.6. The number of fused-ring (bicyclic) bond motifs is 2. The number of anilines is 4. The molecule has 6 aliphatic rings. The van der Waals surface area contributed by atoms with Gasteiger partial charge in [0.15, 0.2) is 11.6 Å². The summed E-state index contributed by atoms with van der Waals surface area (Å²) in [6.45, 7) is 18.0. The van der Waals surface area contributed by atoms with E-state index in [0.717, 1.165) is 101 Å². The van der Waals surface area contributed by atoms with Crippen molar-refractivity contribution >= 4 is 75.6 Å². The maximum absolute atomic E-state index is 14.7. The highest BCUT2D eigenvalue weighted by Gasteiger charge is 2.53. The van der Waals surface area contributed by atoms with Gasteiger partial charge in [-0.1, -0.05) is 68.8 Å². The molecular weight excluding hydrogens is 1500 g/mol. The highest BCUT2D eigenvalue weighted by Crippen LogP contribution is 2.44. The molecule has 618 valence electrons. The van der Waals surface area contributed by atoms with E-state index >= 15 is 0 Å². The van der Waals surface area contributed by atoms with E-state index in [1.807, 2.05) is 132 Å². The zero-order valence-corrected chi connectivity index (χ0v) is 68.5. The molecule has 4 aromatic heterocycles. The number of primary amides is 1. The number of carbonyl (C=O) groups is 7. The number of thiazole rings is 1. The van der Waals surface area contributed by atoms with Crippen molar-refractivity contribution < 1.29 is 57.4 Å². The van der Waals surface area contributed by atoms with Gasteiger partial charge in [0.2, 0.25) is 35.4 Å². The summed E-state index contributed by atoms with van der Waals surface area (Å²) in [5.74, 6) is -1.80. The van der Waals surface area contributed by atoms with Gasteiger partial charge in [-0.3, -0.25) is 48.3 Å². The fourth-order valence-electron chi connectivity index (χ4n) is 16.8. The van der Waals surface area contributed by atoms with Crippen molar-refractivity contribution in [2.45, 2.75) is 147 Å². The molecule has 0 spiro atoms. The molecule has 5 fully saturated rings. The third kappa shape index (κ3) is 19.6. The summed E-state index contributed by atoms with van der Waals surface area (Å²) < 4.78 is 24.8. The van der Waals surface area contributed by atoms with E-state index in [9.17, 15) is 38.7 Å². The van der Waals surface area contributed by atoms with Crippen LogP contribution in [0.2, 0.25) is 0 Å². The Morgan fingerprint density at radius 2 is 1.53 bits per heavy atom. The standard InChI is InChI=1S/C85H110N18O12S/c1-54(2)77(82(109)102-51-65(104)45-70(102)81(108)90-56(4)59-19-21-60(22-20-59)78-57(5)89-53-116-78)72-47-74(94-115-72)113-42-40-97-36-37-98(55(3)48-97)41-43-112-73-44-62(29-32-88-73)103-63-25-26-64(103)50-99(49-63)69-46-67(92-93-79(69)86)66-14-9-10-16-71(66)114-52-58-17-23-61(24-18-58)91-80(107)68(15-11-12-33-95(6)7)100(84(111)85(83(87)110)30-13-31-85)38-34-96(8)35-39-101-75(105)27-28-76(101)106/h9-10,14,16-24,27-29,32,44,46-47,53-56,63-65,68,70,77,104H,11-13,15,25-26,30-31,33-43,45,48-52H2,1-8H3,(H2,86,93)(H2,87,110)(H,90,108)(H,91,107)/t55-,56+,63?,64?,65-,68+,70+,77-/m1/s1. The number of benzene rings is 3. The number of likely N-dealkylation sites (tertiary alicyclic amines) is 1. The number of pyridine rings is 1. The van der Waals surface area contributed by atoms with Crippen LogP contribution in [0, 0.1) is 18.3 Å². The molecule has 3 aromatic carbocycles. The van der Waals surface area contributed by atoms with Crippen LogP contribution in [0.1, 0.15) is 120 Å². The third-order valence-corrected chi connectivity index (χ3v) is 24.6. The number of nitrogens with one attached hydrogen (secondary N) is 2. The highest BCUT2D eigenvalue weighted by atomic mass is 32.1. The number of aliphatic hydroxyl groups is 1. The second-order valence-electron chi connectivity index (χ2n) is 32.3. The van der Waals surface area contributed by atoms with Crippen LogP contribution in [0.3, 0.4) is 0 Å². The first kappa shape index (κ1) is 83.5. The summed E-state index contributed by atoms with van der Waals surface area (Å²) in [7, 11) is 5.78. The summed E-state index contributed by atoms with van der Waals surface area (Å²) in [5, 5.41) is 30.3. The number of nitrogens with zero attached hydrogens (tertiary/aromatic N) is 14. The molecule has 31 heteroatoms. The van der Waals surface area contributed by atoms with Crippen LogP contribution in [0.15, 0.2) is 125 Å². The lowest BCUT2D eigenvalue weighted by Gasteiger charge is -2.43. The molecule has 13 rings (SSSR count). The fraction of sp³-hybridized carbons (Fsp3) is 0.506. The van der Waals surface area contributed by atoms with Crippen molar-refractivity contribution in [3.8, 4) is 39.2 Å². The molecule has 7 N–H and O–H groups in total. The monoisotopic (exact) mass is 1610 g/mol. The lowest BCUT2D eigenvalue weighted by molar-refractivity contribution is -0.159. The Morgan fingerprint density at radius 1 is 0.793 bits per heavy atom. The number of aryl methyl sites for hydroxylation is 1. The van der Waals surface area contributed by atoms with Crippen LogP contribution >= 0.6 is 11.3 Å². The SMILES string of the molecule is Cc1ncsc1-c1ccc([C@H](C)NC(=O)[C@@H]2C[C@@H](O)CN2C(=O)[C@@H](c2cc(OCCN3CCN(CCOc4cc(N5C6CCC5CN(c5cc(-c7ccccc7OCc7ccc(NC(=O)[C@H](CCCCN(C)C)N(CCN(C)CCN8C(=O)C=CC8=O)C(=O)C8(C(N)=O)CCC8)cc7)nnc5N)C6)ccn4)[C@H](C)C3)no2)C(C)C)cc1. The number of nitrogen functional groups attached to an aromatic ring is 1. The number of piperazine rings is 2. The largest absolute Gasteiger partial charge is 0.488 e. The van der Waals surface area contributed by atoms with Crippen LogP contribution < -0.4 is 46.1 Å². The third-order valence-electron chi connectivity index (χ3n) is 23.6. The van der Waals surface area contributed by atoms with Crippen LogP contribution in [0.25, 0.3) is 21.7 Å². The van der Waals surface area contributed by atoms with Gasteiger partial charge in [0, 0.05) is 151 Å². The van der Waals surface area contributed by atoms with Gasteiger partial charge in [0.1, 0.15) is 49.0 Å². The zero-order valence-electron chi connectivity index (χ0n) is 67.7. The van der Waals surface area contributed by atoms with Gasteiger partial charge in [-0.05, 0) is 158 Å². The number of hydrogen-bond donors (Lipinski definition) is 5. The van der Waals surface area contributed by atoms with E-state index in [1.54, 1.807) is 29.5 Å². The number of rotatable bonds is 37. The summed E-state index contributed by atoms with van der Waals surface area (Å²) in [4.78, 5) is 123. The Hall–Kier alpha value is -10.4. The van der Waals surface area contributed by atoms with Gasteiger partial charge in [-0.15, -0.1) is 21.5 Å². The maximum atomic E-state index is 14.7. The second kappa shape index (κ2) is 37.7. The molecule has 7 aromatic rings. The Bertz CT molecular complexity index is 4600. The first-order valence-electron chi connectivity index (χ1n) is 40.6. The number of β-amino-alcohol motifs (C(OH)–C–C–N with tert-alkyl or cyclic N) is 1. The van der Waals surface area contributed by atoms with E-state index in [0.29, 0.717) is 113 Å². The number of aromatic nitrogens is 5. The lowest BCUT2D eigenvalue weighted by atomic mass is 9.67. The van der Waals surface area contributed by atoms with Crippen LogP contribution in [0.5, 0.6) is 17.5 Å². The van der Waals surface area contributed by atoms with Gasteiger partial charge in [-0.2, -0.15) is 0 Å². The van der Waals surface area contributed by atoms with Gasteiger partial charge in [-0.25, -0.2) is 9.97 Å². The molecule has 30 nitrogen and oxygen atoms in total. The molecule has 8 atom stereocenters. The van der Waals surface area contributed by atoms with E-state index in [4.69, 9.17) is 30.2 Å². The molecule has 116 heavy (non-hydrogen) atoms. The van der Waals surface area contributed by atoms with E-state index < -0.39 is 47.2 Å². The van der Waals surface area contributed by atoms with Crippen molar-refractivity contribution in [1.82, 2.24) is 64.9 Å². The Labute approximate surface area is 681 Å². The molecule has 2 unspecified atom stereocenters. The topological polar surface area (TPSA) is 350 Å². The number of imide groups is 1. The van der Waals surface area contributed by atoms with Crippen LogP contribution in [-0.4, -0.2) is 262 Å². The molecule has 0 radical (unpaired) electrons. The second-order valence-corrected chi connectivity index (χ2v) is 33.1. The van der Waals surface area contributed by atoms with Crippen molar-refractivity contribution in [3.63, 3.8) is 0 Å². The average Bonchev–Trinajstić information content (AvgIpc) is 1.56. The summed E-state index contributed by atoms with van der Waals surface area (Å²) >= 11 is 1.58. The van der Waals surface area contributed by atoms with Crippen molar-refractivity contribution in [2.75, 3.05) is 140 Å². The van der Waals surface area contributed by atoms with E-state index in [2.05, 4.69) is 79.5 Å². The molecule has 2 bridgehead atoms. The van der Waals surface area contributed by atoms with Gasteiger partial charge >= 0.3 is 0 Å². The Morgan fingerprint density at radius 3 is 2.22 bits per heavy atom. The normalized spacial score (nSPS) is 20.2. The van der Waals surface area contributed by atoms with Crippen molar-refractivity contribution in [1.29, 1.82) is 0 Å². The van der Waals surface area contributed by atoms with E-state index in [1.165, 1.54) is 22.0 Å². The maximum Gasteiger partial charge on any atom is 0.254 e. The smallest absolute Gasteiger partial charge is 0.254 e. The molecule has 1 saturated carbocycles. The summed E-state index contributed by atoms with van der Waals surface area (Å²) in [6.07, 6.45) is 8.59. The number of amides is 7. The minimum Gasteiger partial charge on any atom is -0.488 e. The molecule has 5 aliphatic heterocycles. The molecule has 7 amide bonds. The zero-order chi connectivity index (χ0) is 81.9. The molecule has 4 saturated heterocycles. The number of hydrogen-bond acceptors (Lipinski definition) is 25. The Balaban J connectivity index is 0.561. The molecular formula is C85H110N18O12S. The number of para-hydroxylation sites is 1. The fourth-order valence-corrected chi connectivity index (χ4v) is 17.7. The number of carbonyl (C=O) groups excluding carboxylic acids is 7. The van der Waals surface area contributed by atoms with E-state index in [-0.39, 0.29) is 92.3 Å². The Kier molecular flexibility index (Phi) is 27.1. The number of nitrogens with two attached hydrogens (primary N) is 2. The van der Waals surface area contributed by atoms with Crippen molar-refractivity contribution in [3.05, 3.63) is 144 Å². The number of unbranched alkanes of at least 4 members (excludes halogenated alkanes) is 1. The minimum atomic E-state index is -1.40. The molecule has 1 aliphatic carbocycles. The highest BCUT2D eigenvalue weighted by molar-refractivity contribution is 7.13. The van der Waals surface area contributed by atoms with Crippen LogP contribution in [-0.2, 0) is 40.2 Å².